The summed E-state index contributed by atoms with van der Waals surface area (Å²) in [4.78, 5) is 11.6. The van der Waals surface area contributed by atoms with E-state index in [0.717, 1.165) is 0 Å². The monoisotopic (exact) mass is 333 g/mol. The minimum absolute atomic E-state index is 0.0515. The Morgan fingerprint density at radius 2 is 2.00 bits per heavy atom. The van der Waals surface area contributed by atoms with E-state index in [1.807, 2.05) is 0 Å². The first-order valence-electron chi connectivity index (χ1n) is 4.83. The molecule has 19 heavy (non-hydrogen) atoms. The van der Waals surface area contributed by atoms with Gasteiger partial charge in [0, 0.05) is 11.4 Å². The van der Waals surface area contributed by atoms with Crippen LogP contribution in [0.3, 0.4) is 0 Å². The third-order valence-electron chi connectivity index (χ3n) is 1.85. The van der Waals surface area contributed by atoms with E-state index in [9.17, 15) is 18.0 Å². The van der Waals surface area contributed by atoms with Gasteiger partial charge >= 0.3 is 11.5 Å². The predicted molar refractivity (Wildman–Crippen MR) is 69.7 cm³/mol. The van der Waals surface area contributed by atoms with Crippen LogP contribution in [0.15, 0.2) is 12.1 Å². The second-order valence-corrected chi connectivity index (χ2v) is 5.24. The lowest BCUT2D eigenvalue weighted by atomic mass is 10.2. The molecule has 106 valence electrons. The number of benzene rings is 1. The summed E-state index contributed by atoms with van der Waals surface area (Å²) in [5.74, 6) is -1.27. The maximum atomic E-state index is 11.8. The number of alkyl halides is 3. The van der Waals surface area contributed by atoms with Crippen LogP contribution in [0.25, 0.3) is 0 Å². The molecule has 0 aromatic heterocycles. The van der Waals surface area contributed by atoms with Crippen LogP contribution in [0.1, 0.15) is 10.4 Å². The Bertz CT molecular complexity index is 483. The summed E-state index contributed by atoms with van der Waals surface area (Å²) in [5.41, 5.74) is 1.24. The topological polar surface area (TPSA) is 52.3 Å². The molecule has 1 aromatic carbocycles. The fourth-order valence-corrected chi connectivity index (χ4v) is 1.94. The number of thioether (sulfide) groups is 1. The second kappa shape index (κ2) is 6.58. The van der Waals surface area contributed by atoms with Crippen LogP contribution < -0.4 is 5.73 Å². The van der Waals surface area contributed by atoms with E-state index in [2.05, 4.69) is 4.74 Å². The smallest absolute Gasteiger partial charge is 0.441 e. The molecule has 0 saturated heterocycles. The Labute approximate surface area is 121 Å². The molecule has 0 heterocycles. The number of rotatable bonds is 4. The second-order valence-electron chi connectivity index (χ2n) is 3.29. The Morgan fingerprint density at radius 3 is 2.58 bits per heavy atom. The zero-order chi connectivity index (χ0) is 14.6. The Kier molecular flexibility index (Phi) is 5.64. The summed E-state index contributed by atoms with van der Waals surface area (Å²) >= 11 is 11.2. The fraction of sp³-hybridized carbons (Fsp3) is 0.300. The van der Waals surface area contributed by atoms with Crippen molar-refractivity contribution in [2.24, 2.45) is 0 Å². The fourth-order valence-electron chi connectivity index (χ4n) is 1.13. The summed E-state index contributed by atoms with van der Waals surface area (Å²) in [6.45, 7) is -0.397. The lowest BCUT2D eigenvalue weighted by molar-refractivity contribution is -0.0331. The number of carbonyl (C=O) groups excluding carboxylic acids is 1. The van der Waals surface area contributed by atoms with E-state index in [4.69, 9.17) is 28.9 Å². The highest BCUT2D eigenvalue weighted by molar-refractivity contribution is 8.00. The van der Waals surface area contributed by atoms with E-state index in [0.29, 0.717) is 0 Å². The standard InChI is InChI=1S/C10H8Cl2F3NO2S/c11-7-4-5(16)3-6(8(7)12)9(17)18-1-2-19-10(13,14)15/h3-4H,1-2,16H2. The lowest BCUT2D eigenvalue weighted by Gasteiger charge is -2.09. The van der Waals surface area contributed by atoms with Crippen molar-refractivity contribution >= 4 is 46.6 Å². The molecule has 1 aromatic rings. The Hall–Kier alpha value is -0.790. The Morgan fingerprint density at radius 1 is 1.37 bits per heavy atom. The van der Waals surface area contributed by atoms with Gasteiger partial charge in [-0.25, -0.2) is 4.79 Å². The number of halogens is 5. The zero-order valence-corrected chi connectivity index (χ0v) is 11.6. The molecule has 0 radical (unpaired) electrons. The van der Waals surface area contributed by atoms with Gasteiger partial charge < -0.3 is 10.5 Å². The molecular formula is C10H8Cl2F3NO2S. The number of nitrogen functional groups attached to an aromatic ring is 1. The first-order valence-corrected chi connectivity index (χ1v) is 6.57. The van der Waals surface area contributed by atoms with Gasteiger partial charge in [-0.1, -0.05) is 23.2 Å². The van der Waals surface area contributed by atoms with Gasteiger partial charge in [0.05, 0.1) is 15.6 Å². The van der Waals surface area contributed by atoms with E-state index >= 15 is 0 Å². The first-order chi connectivity index (χ1) is 8.70. The third-order valence-corrected chi connectivity index (χ3v) is 3.35. The van der Waals surface area contributed by atoms with Crippen molar-refractivity contribution in [3.63, 3.8) is 0 Å². The first kappa shape index (κ1) is 16.3. The van der Waals surface area contributed by atoms with Crippen molar-refractivity contribution in [3.8, 4) is 0 Å². The maximum Gasteiger partial charge on any atom is 0.441 e. The van der Waals surface area contributed by atoms with E-state index in [1.165, 1.54) is 12.1 Å². The molecule has 0 amide bonds. The van der Waals surface area contributed by atoms with E-state index in [-0.39, 0.29) is 33.1 Å². The van der Waals surface area contributed by atoms with Crippen molar-refractivity contribution in [2.45, 2.75) is 5.51 Å². The molecule has 9 heteroatoms. The number of hydrogen-bond acceptors (Lipinski definition) is 4. The number of anilines is 1. The van der Waals surface area contributed by atoms with Crippen LogP contribution in [0.4, 0.5) is 18.9 Å². The van der Waals surface area contributed by atoms with Crippen LogP contribution in [0.2, 0.25) is 10.0 Å². The normalized spacial score (nSPS) is 11.4. The summed E-state index contributed by atoms with van der Waals surface area (Å²) in [6, 6.07) is 2.59. The van der Waals surface area contributed by atoms with Crippen LogP contribution in [0, 0.1) is 0 Å². The van der Waals surface area contributed by atoms with Crippen molar-refractivity contribution in [1.82, 2.24) is 0 Å². The van der Waals surface area contributed by atoms with E-state index < -0.39 is 23.8 Å². The molecule has 0 atom stereocenters. The molecule has 2 N–H and O–H groups in total. The largest absolute Gasteiger partial charge is 0.461 e. The Balaban J connectivity index is 2.60. The highest BCUT2D eigenvalue weighted by Crippen LogP contribution is 2.31. The highest BCUT2D eigenvalue weighted by atomic mass is 35.5. The zero-order valence-electron chi connectivity index (χ0n) is 9.26. The van der Waals surface area contributed by atoms with E-state index in [1.54, 1.807) is 0 Å². The minimum atomic E-state index is -4.36. The van der Waals surface area contributed by atoms with Crippen LogP contribution in [-0.2, 0) is 4.74 Å². The molecule has 0 aliphatic rings. The molecule has 0 fully saturated rings. The third kappa shape index (κ3) is 5.38. The van der Waals surface area contributed by atoms with Gasteiger partial charge in [0.1, 0.15) is 6.61 Å². The summed E-state index contributed by atoms with van der Waals surface area (Å²) < 4.78 is 40.2. The van der Waals surface area contributed by atoms with Gasteiger partial charge in [-0.3, -0.25) is 0 Å². The number of esters is 1. The van der Waals surface area contributed by atoms with Crippen molar-refractivity contribution in [2.75, 3.05) is 18.1 Å². The minimum Gasteiger partial charge on any atom is -0.461 e. The number of carbonyl (C=O) groups is 1. The summed E-state index contributed by atoms with van der Waals surface area (Å²) in [5, 5.41) is 0.0163. The molecule has 0 aliphatic heterocycles. The maximum absolute atomic E-state index is 11.8. The van der Waals surface area contributed by atoms with Crippen LogP contribution in [-0.4, -0.2) is 23.8 Å². The van der Waals surface area contributed by atoms with Gasteiger partial charge in [-0.2, -0.15) is 13.2 Å². The lowest BCUT2D eigenvalue weighted by Crippen LogP contribution is -2.11. The molecule has 1 rings (SSSR count). The average Bonchev–Trinajstić information content (AvgIpc) is 2.27. The molecule has 0 aliphatic carbocycles. The van der Waals surface area contributed by atoms with Gasteiger partial charge in [-0.15, -0.1) is 0 Å². The molecule has 0 spiro atoms. The quantitative estimate of drug-likeness (QED) is 0.514. The number of ether oxygens (including phenoxy) is 1. The van der Waals surface area contributed by atoms with Gasteiger partial charge in [0.2, 0.25) is 0 Å². The number of nitrogens with two attached hydrogens (primary N) is 1. The van der Waals surface area contributed by atoms with Crippen LogP contribution in [0.5, 0.6) is 0 Å². The SMILES string of the molecule is Nc1cc(Cl)c(Cl)c(C(=O)OCCSC(F)(F)F)c1. The van der Waals surface area contributed by atoms with Gasteiger partial charge in [-0.05, 0) is 23.9 Å². The molecule has 0 unspecified atom stereocenters. The van der Waals surface area contributed by atoms with Crippen molar-refractivity contribution in [1.29, 1.82) is 0 Å². The number of hydrogen-bond donors (Lipinski definition) is 1. The molecule has 0 bridgehead atoms. The summed E-state index contributed by atoms with van der Waals surface area (Å²) in [7, 11) is 0. The molecule has 0 saturated carbocycles. The average molecular weight is 334 g/mol. The predicted octanol–water partition coefficient (Wildman–Crippen LogP) is 3.99. The van der Waals surface area contributed by atoms with Gasteiger partial charge in [0.15, 0.2) is 0 Å². The van der Waals surface area contributed by atoms with Crippen molar-refractivity contribution < 1.29 is 22.7 Å². The van der Waals surface area contributed by atoms with Gasteiger partial charge in [0.25, 0.3) is 0 Å². The summed E-state index contributed by atoms with van der Waals surface area (Å²) in [6.07, 6.45) is 0. The highest BCUT2D eigenvalue weighted by Gasteiger charge is 2.27. The van der Waals surface area contributed by atoms with Crippen molar-refractivity contribution in [3.05, 3.63) is 27.7 Å². The molecule has 3 nitrogen and oxygen atoms in total. The molecular weight excluding hydrogens is 326 g/mol. The van der Waals surface area contributed by atoms with Crippen LogP contribution >= 0.6 is 35.0 Å².